The van der Waals surface area contributed by atoms with E-state index in [0.29, 0.717) is 48.3 Å². The number of hydrogen-bond donors (Lipinski definition) is 2. The summed E-state index contributed by atoms with van der Waals surface area (Å²) in [6.07, 6.45) is 6.19. The number of halogens is 3. The lowest BCUT2D eigenvalue weighted by molar-refractivity contribution is 0.104. The Balaban J connectivity index is 1.10. The quantitative estimate of drug-likeness (QED) is 0.259. The van der Waals surface area contributed by atoms with E-state index in [2.05, 4.69) is 20.1 Å². The van der Waals surface area contributed by atoms with Gasteiger partial charge in [0.1, 0.15) is 48.3 Å². The molecule has 51 heavy (non-hydrogen) atoms. The number of ether oxygens (including phenoxy) is 3. The zero-order chi connectivity index (χ0) is 34.4. The monoisotopic (exact) mass is 699 g/mol. The van der Waals surface area contributed by atoms with E-state index in [0.717, 1.165) is 44.2 Å². The molecule has 3 aromatic carbocycles. The van der Waals surface area contributed by atoms with Crippen LogP contribution in [-0.4, -0.2) is 88.8 Å². The van der Waals surface area contributed by atoms with Gasteiger partial charge in [-0.2, -0.15) is 9.97 Å². The molecule has 1 spiro atoms. The maximum Gasteiger partial charge on any atom is 0.319 e. The van der Waals surface area contributed by atoms with Crippen molar-refractivity contribution >= 4 is 27.5 Å². The van der Waals surface area contributed by atoms with Gasteiger partial charge in [-0.3, -0.25) is 4.90 Å². The molecule has 5 fully saturated rings. The summed E-state index contributed by atoms with van der Waals surface area (Å²) in [5, 5.41) is 16.0. The highest BCUT2D eigenvalue weighted by Gasteiger charge is 2.60. The van der Waals surface area contributed by atoms with E-state index < -0.39 is 23.3 Å². The van der Waals surface area contributed by atoms with E-state index in [4.69, 9.17) is 19.2 Å². The second-order valence-corrected chi connectivity index (χ2v) is 16.5. The van der Waals surface area contributed by atoms with Gasteiger partial charge in [0.2, 0.25) is 0 Å². The smallest absolute Gasteiger partial charge is 0.319 e. The molecule has 1 aromatic heterocycles. The Morgan fingerprint density at radius 1 is 1.10 bits per heavy atom. The molecule has 0 radical (unpaired) electrons. The number of alkyl halides is 1. The first-order valence-corrected chi connectivity index (χ1v) is 18.5. The van der Waals surface area contributed by atoms with Gasteiger partial charge in [-0.05, 0) is 79.0 Å². The third-order valence-electron chi connectivity index (χ3n) is 13.2. The summed E-state index contributed by atoms with van der Waals surface area (Å²) < 4.78 is 68.5. The molecule has 266 valence electrons. The van der Waals surface area contributed by atoms with Crippen LogP contribution >= 0.6 is 0 Å². The van der Waals surface area contributed by atoms with Gasteiger partial charge in [0.25, 0.3) is 0 Å². The molecule has 7 heterocycles. The third-order valence-corrected chi connectivity index (χ3v) is 13.2. The standard InChI is InChI=1S/C39H40F3N5O4/c1-19-9-24-28(51-19)6-3-20-10-23(48)11-25(29(20)24)30-32(41)34-31-35(33(30)42)49-15-27-26-5-4-22(43-26)14-47(27)36(31)45-37(44-34)50-18-39-12-21(40)13-46(39)17-38(16-39)7-2-8-38/h3,6,10-11,19,21-22,26-27,43,48H,2,4-5,7-9,12-18H2,1H3/t19?,21-,22?,26?,27?,39-/m0/s1. The van der Waals surface area contributed by atoms with Gasteiger partial charge < -0.3 is 29.5 Å². The molecule has 9 nitrogen and oxygen atoms in total. The van der Waals surface area contributed by atoms with E-state index in [-0.39, 0.29) is 82.4 Å². The molecule has 2 bridgehead atoms. The molecule has 7 aliphatic rings. The molecule has 4 aromatic rings. The zero-order valence-electron chi connectivity index (χ0n) is 28.5. The summed E-state index contributed by atoms with van der Waals surface area (Å²) in [5.74, 6) is -0.914. The minimum Gasteiger partial charge on any atom is -0.508 e. The van der Waals surface area contributed by atoms with E-state index in [1.165, 1.54) is 12.5 Å². The van der Waals surface area contributed by atoms with Crippen LogP contribution in [0.25, 0.3) is 32.8 Å². The number of nitrogens with zero attached hydrogens (tertiary/aromatic N) is 4. The zero-order valence-corrected chi connectivity index (χ0v) is 28.5. The lowest BCUT2D eigenvalue weighted by Crippen LogP contribution is -2.60. The molecule has 6 atom stereocenters. The largest absolute Gasteiger partial charge is 0.508 e. The van der Waals surface area contributed by atoms with Crippen LogP contribution in [0.2, 0.25) is 0 Å². The minimum absolute atomic E-state index is 0.0125. The number of hydrogen-bond acceptors (Lipinski definition) is 9. The third kappa shape index (κ3) is 4.35. The van der Waals surface area contributed by atoms with E-state index in [1.54, 1.807) is 12.1 Å². The van der Waals surface area contributed by atoms with E-state index in [1.807, 2.05) is 13.0 Å². The first kappa shape index (κ1) is 30.6. The van der Waals surface area contributed by atoms with Crippen LogP contribution in [0.15, 0.2) is 24.3 Å². The molecular weight excluding hydrogens is 659 g/mol. The molecule has 4 unspecified atom stereocenters. The van der Waals surface area contributed by atoms with Crippen molar-refractivity contribution in [2.45, 2.75) is 94.2 Å². The normalized spacial score (nSPS) is 31.3. The summed E-state index contributed by atoms with van der Waals surface area (Å²) in [6.45, 7) is 4.19. The Morgan fingerprint density at radius 2 is 1.98 bits per heavy atom. The summed E-state index contributed by atoms with van der Waals surface area (Å²) in [4.78, 5) is 14.0. The number of aromatic nitrogens is 2. The number of nitrogens with one attached hydrogen (secondary N) is 1. The van der Waals surface area contributed by atoms with E-state index >= 15 is 8.78 Å². The number of piperazine rings is 1. The maximum absolute atomic E-state index is 17.4. The topological polar surface area (TPSA) is 92.2 Å². The Labute approximate surface area is 293 Å². The average Bonchev–Trinajstić information content (AvgIpc) is 3.80. The molecule has 12 heteroatoms. The SMILES string of the molecule is CC1Cc2c(ccc3cc(O)cc(-c4c(F)c5c6c(nc(OC[C@@]78C[C@H](F)CN7CC7(CCC7)C8)nc6c4F)N4CC6CCC(N6)C4CO5)c23)O1. The Kier molecular flexibility index (Phi) is 6.31. The highest BCUT2D eigenvalue weighted by Crippen LogP contribution is 2.57. The van der Waals surface area contributed by atoms with Crippen LogP contribution in [0.5, 0.6) is 23.3 Å². The minimum atomic E-state index is -0.931. The number of fused-ring (bicyclic) bond motifs is 9. The van der Waals surface area contributed by atoms with Crippen molar-refractivity contribution in [1.29, 1.82) is 0 Å². The van der Waals surface area contributed by atoms with Gasteiger partial charge in [-0.1, -0.05) is 12.5 Å². The second-order valence-electron chi connectivity index (χ2n) is 16.5. The number of aromatic hydroxyl groups is 1. The molecule has 11 rings (SSSR count). The van der Waals surface area contributed by atoms with Crippen LogP contribution in [0, 0.1) is 17.0 Å². The van der Waals surface area contributed by atoms with Crippen molar-refractivity contribution in [3.05, 3.63) is 41.5 Å². The van der Waals surface area contributed by atoms with Crippen molar-refractivity contribution in [2.75, 3.05) is 37.7 Å². The summed E-state index contributed by atoms with van der Waals surface area (Å²) in [7, 11) is 0. The summed E-state index contributed by atoms with van der Waals surface area (Å²) in [5.41, 5.74) is 0.345. The number of phenolic OH excluding ortho intramolecular Hbond substituents is 1. The van der Waals surface area contributed by atoms with Crippen LogP contribution in [0.4, 0.5) is 19.0 Å². The molecule has 2 N–H and O–H groups in total. The van der Waals surface area contributed by atoms with Crippen molar-refractivity contribution < 1.29 is 32.5 Å². The molecule has 4 saturated heterocycles. The van der Waals surface area contributed by atoms with Gasteiger partial charge in [0.15, 0.2) is 17.4 Å². The van der Waals surface area contributed by atoms with Crippen molar-refractivity contribution in [1.82, 2.24) is 20.2 Å². The molecule has 6 aliphatic heterocycles. The predicted octanol–water partition coefficient (Wildman–Crippen LogP) is 6.19. The predicted molar refractivity (Wildman–Crippen MR) is 185 cm³/mol. The van der Waals surface area contributed by atoms with Crippen molar-refractivity contribution in [3.8, 4) is 34.4 Å². The van der Waals surface area contributed by atoms with Crippen LogP contribution in [0.3, 0.4) is 0 Å². The molecule has 1 saturated carbocycles. The van der Waals surface area contributed by atoms with Gasteiger partial charge in [0, 0.05) is 50.1 Å². The van der Waals surface area contributed by atoms with Crippen molar-refractivity contribution in [2.24, 2.45) is 5.41 Å². The Hall–Kier alpha value is -4.03. The second kappa shape index (κ2) is 10.5. The number of benzene rings is 3. The van der Waals surface area contributed by atoms with Crippen LogP contribution in [0.1, 0.15) is 57.4 Å². The number of anilines is 1. The highest BCUT2D eigenvalue weighted by atomic mass is 19.1. The Morgan fingerprint density at radius 3 is 2.82 bits per heavy atom. The fraction of sp³-hybridized carbons (Fsp3) is 0.538. The number of rotatable bonds is 4. The van der Waals surface area contributed by atoms with Gasteiger partial charge in [-0.25, -0.2) is 13.2 Å². The lowest BCUT2D eigenvalue weighted by atomic mass is 9.65. The summed E-state index contributed by atoms with van der Waals surface area (Å²) >= 11 is 0. The first-order chi connectivity index (χ1) is 24.7. The summed E-state index contributed by atoms with van der Waals surface area (Å²) in [6, 6.07) is 6.78. The fourth-order valence-electron chi connectivity index (χ4n) is 11.0. The Bertz CT molecular complexity index is 2160. The molecule has 1 aliphatic carbocycles. The lowest BCUT2D eigenvalue weighted by Gasteiger charge is -2.40. The maximum atomic E-state index is 17.4. The fourth-order valence-corrected chi connectivity index (χ4v) is 11.0. The molecule has 0 amide bonds. The van der Waals surface area contributed by atoms with Gasteiger partial charge >= 0.3 is 6.01 Å². The number of phenols is 1. The average molecular weight is 700 g/mol. The van der Waals surface area contributed by atoms with Gasteiger partial charge in [0.05, 0.1) is 22.5 Å². The first-order valence-electron chi connectivity index (χ1n) is 18.5. The van der Waals surface area contributed by atoms with Crippen LogP contribution in [-0.2, 0) is 6.42 Å². The van der Waals surface area contributed by atoms with E-state index in [9.17, 15) is 9.50 Å². The van der Waals surface area contributed by atoms with Crippen LogP contribution < -0.4 is 24.4 Å². The molecular formula is C39H40F3N5O4. The van der Waals surface area contributed by atoms with Crippen molar-refractivity contribution in [3.63, 3.8) is 0 Å². The van der Waals surface area contributed by atoms with Gasteiger partial charge in [-0.15, -0.1) is 0 Å². The highest BCUT2D eigenvalue weighted by molar-refractivity contribution is 6.06.